The van der Waals surface area contributed by atoms with Crippen LogP contribution in [0.15, 0.2) is 9.93 Å². The molecule has 9 heteroatoms. The Bertz CT molecular complexity index is 624. The molecule has 0 bridgehead atoms. The van der Waals surface area contributed by atoms with Crippen LogP contribution in [0.3, 0.4) is 0 Å². The maximum absolute atomic E-state index is 12.3. The first kappa shape index (κ1) is 17.6. The number of aliphatic hydroxyl groups excluding tert-OH is 1. The number of likely N-dealkylation sites (tertiary alicyclic amines) is 1. The number of thioether (sulfide) groups is 2. The summed E-state index contributed by atoms with van der Waals surface area (Å²) in [6, 6.07) is 0. The molecule has 2 fully saturated rings. The molecule has 3 heterocycles. The minimum absolute atomic E-state index is 0.0598. The van der Waals surface area contributed by atoms with Crippen LogP contribution in [0.2, 0.25) is 0 Å². The molecule has 3 rings (SSSR count). The van der Waals surface area contributed by atoms with Gasteiger partial charge in [-0.25, -0.2) is 4.79 Å². The summed E-state index contributed by atoms with van der Waals surface area (Å²) in [6.45, 7) is 5.09. The molecule has 3 N–H and O–H groups in total. The quantitative estimate of drug-likeness (QED) is 0.380. The van der Waals surface area contributed by atoms with Crippen LogP contribution in [0.5, 0.6) is 0 Å². The molecule has 1 unspecified atom stereocenters. The third-order valence-electron chi connectivity index (χ3n) is 4.67. The summed E-state index contributed by atoms with van der Waals surface area (Å²) in [5, 5.41) is 27.2. The molecule has 0 aromatic rings. The normalized spacial score (nSPS) is 30.5. The van der Waals surface area contributed by atoms with Crippen LogP contribution >= 0.6 is 23.5 Å². The van der Waals surface area contributed by atoms with Crippen LogP contribution in [0.1, 0.15) is 26.7 Å². The summed E-state index contributed by atoms with van der Waals surface area (Å²) < 4.78 is 0.654. The smallest absolute Gasteiger partial charge is 0.354 e. The van der Waals surface area contributed by atoms with Gasteiger partial charge >= 0.3 is 5.97 Å². The van der Waals surface area contributed by atoms with Crippen LogP contribution in [0.25, 0.3) is 0 Å². The Kier molecular flexibility index (Phi) is 4.85. The highest BCUT2D eigenvalue weighted by molar-refractivity contribution is 8.23. The molecule has 0 aromatic heterocycles. The highest BCUT2D eigenvalue weighted by Gasteiger charge is 2.58. The third-order valence-corrected chi connectivity index (χ3v) is 7.53. The molecule has 3 aliphatic rings. The van der Waals surface area contributed by atoms with Crippen LogP contribution in [0.4, 0.5) is 0 Å². The number of carboxylic acids is 1. The predicted octanol–water partition coefficient (Wildman–Crippen LogP) is 1.35. The number of hydrogen-bond donors (Lipinski definition) is 3. The number of amidine groups is 1. The van der Waals surface area contributed by atoms with Crippen molar-refractivity contribution in [2.45, 2.75) is 43.4 Å². The molecule has 0 radical (unpaired) electrons. The Hall–Kier alpha value is -1.19. The highest BCUT2D eigenvalue weighted by Crippen LogP contribution is 2.55. The molecule has 0 spiro atoms. The molecule has 132 valence electrons. The second-order valence-corrected chi connectivity index (χ2v) is 8.92. The second kappa shape index (κ2) is 6.61. The van der Waals surface area contributed by atoms with E-state index in [0.717, 1.165) is 19.5 Å². The summed E-state index contributed by atoms with van der Waals surface area (Å²) in [6.07, 6.45) is 0.632. The third kappa shape index (κ3) is 2.82. The molecule has 1 amide bonds. The summed E-state index contributed by atoms with van der Waals surface area (Å²) in [4.78, 5) is 27.2. The van der Waals surface area contributed by atoms with Crippen molar-refractivity contribution in [1.82, 2.24) is 9.80 Å². The zero-order chi connectivity index (χ0) is 17.6. The molecule has 7 nitrogen and oxygen atoms in total. The van der Waals surface area contributed by atoms with Gasteiger partial charge in [0.25, 0.3) is 0 Å². The zero-order valence-corrected chi connectivity index (χ0v) is 15.2. The van der Waals surface area contributed by atoms with E-state index in [4.69, 9.17) is 5.41 Å². The highest BCUT2D eigenvalue weighted by atomic mass is 32.2. The number of aliphatic hydroxyl groups is 1. The number of carbonyl (C=O) groups is 2. The first-order valence-corrected chi connectivity index (χ1v) is 9.73. The van der Waals surface area contributed by atoms with Crippen molar-refractivity contribution in [3.8, 4) is 0 Å². The van der Waals surface area contributed by atoms with Crippen molar-refractivity contribution < 1.29 is 19.8 Å². The van der Waals surface area contributed by atoms with Crippen molar-refractivity contribution >= 4 is 41.2 Å². The minimum atomic E-state index is -1.09. The van der Waals surface area contributed by atoms with Gasteiger partial charge < -0.3 is 15.1 Å². The van der Waals surface area contributed by atoms with Gasteiger partial charge in [0.05, 0.1) is 22.1 Å². The lowest BCUT2D eigenvalue weighted by molar-refractivity contribution is -0.157. The van der Waals surface area contributed by atoms with Gasteiger partial charge in [-0.1, -0.05) is 18.7 Å². The SMILES string of the molecule is CC[C@H](O)[C@@H]1C(=O)N2C(C(=O)O)=C(SC3CCN(C(C)=N)C3)S[C@H]12. The van der Waals surface area contributed by atoms with E-state index in [-0.39, 0.29) is 22.2 Å². The summed E-state index contributed by atoms with van der Waals surface area (Å²) in [5.74, 6) is -1.38. The Morgan fingerprint density at radius 1 is 1.54 bits per heavy atom. The molecule has 0 aliphatic carbocycles. The second-order valence-electron chi connectivity index (χ2n) is 6.22. The number of nitrogens with one attached hydrogen (secondary N) is 1. The van der Waals surface area contributed by atoms with Gasteiger partial charge in [0.15, 0.2) is 5.70 Å². The fraction of sp³-hybridized carbons (Fsp3) is 0.667. The first-order valence-electron chi connectivity index (χ1n) is 7.97. The van der Waals surface area contributed by atoms with Gasteiger partial charge in [0.1, 0.15) is 5.37 Å². The van der Waals surface area contributed by atoms with E-state index < -0.39 is 18.0 Å². The Morgan fingerprint density at radius 3 is 2.79 bits per heavy atom. The number of nitrogens with zero attached hydrogens (tertiary/aromatic N) is 2. The molecular formula is C15H21N3O4S2. The van der Waals surface area contributed by atoms with E-state index in [1.165, 1.54) is 28.4 Å². The Balaban J connectivity index is 1.75. The minimum Gasteiger partial charge on any atom is -0.477 e. The fourth-order valence-electron chi connectivity index (χ4n) is 3.28. The monoisotopic (exact) mass is 371 g/mol. The molecule has 0 saturated carbocycles. The van der Waals surface area contributed by atoms with E-state index in [0.29, 0.717) is 16.5 Å². The van der Waals surface area contributed by atoms with Crippen LogP contribution in [-0.2, 0) is 9.59 Å². The van der Waals surface area contributed by atoms with Crippen LogP contribution in [0, 0.1) is 11.3 Å². The van der Waals surface area contributed by atoms with Crippen molar-refractivity contribution in [3.05, 3.63) is 9.93 Å². The topological polar surface area (TPSA) is 105 Å². The largest absolute Gasteiger partial charge is 0.477 e. The molecule has 4 atom stereocenters. The Labute approximate surface area is 149 Å². The van der Waals surface area contributed by atoms with Gasteiger partial charge in [-0.3, -0.25) is 15.1 Å². The summed E-state index contributed by atoms with van der Waals surface area (Å²) in [5.41, 5.74) is 0.0598. The van der Waals surface area contributed by atoms with Gasteiger partial charge in [-0.05, 0) is 19.8 Å². The number of carboxylic acid groups (broad SMARTS) is 1. The molecule has 3 aliphatic heterocycles. The van der Waals surface area contributed by atoms with E-state index in [1.807, 2.05) is 11.8 Å². The number of hydrogen-bond acceptors (Lipinski definition) is 6. The molecular weight excluding hydrogens is 350 g/mol. The lowest BCUT2D eigenvalue weighted by Gasteiger charge is -2.44. The summed E-state index contributed by atoms with van der Waals surface area (Å²) >= 11 is 2.87. The Morgan fingerprint density at radius 2 is 2.25 bits per heavy atom. The fourth-order valence-corrected chi connectivity index (χ4v) is 6.56. The van der Waals surface area contributed by atoms with Gasteiger partial charge in [-0.2, -0.15) is 0 Å². The lowest BCUT2D eigenvalue weighted by atomic mass is 9.90. The van der Waals surface area contributed by atoms with Crippen molar-refractivity contribution in [3.63, 3.8) is 0 Å². The standard InChI is InChI=1S/C15H21N3O4S2/c1-3-9(19)10-12(20)18-11(14(21)22)15(24-13(10)18)23-8-4-5-17(6-8)7(2)16/h8-10,13,16,19H,3-6H2,1-2H3,(H,21,22)/t8?,9-,10+,13+/m0/s1. The molecule has 0 aromatic carbocycles. The van der Waals surface area contributed by atoms with E-state index in [1.54, 1.807) is 6.92 Å². The number of carbonyl (C=O) groups excluding carboxylic acids is 1. The predicted molar refractivity (Wildman–Crippen MR) is 93.6 cm³/mol. The van der Waals surface area contributed by atoms with Gasteiger partial charge in [0, 0.05) is 18.3 Å². The van der Waals surface area contributed by atoms with E-state index >= 15 is 0 Å². The van der Waals surface area contributed by atoms with Crippen molar-refractivity contribution in [2.24, 2.45) is 5.92 Å². The van der Waals surface area contributed by atoms with Gasteiger partial charge in [-0.15, -0.1) is 11.8 Å². The number of fused-ring (bicyclic) bond motifs is 1. The zero-order valence-electron chi connectivity index (χ0n) is 13.6. The van der Waals surface area contributed by atoms with E-state index in [9.17, 15) is 19.8 Å². The molecule has 2 saturated heterocycles. The van der Waals surface area contributed by atoms with Crippen molar-refractivity contribution in [1.29, 1.82) is 5.41 Å². The van der Waals surface area contributed by atoms with Gasteiger partial charge in [0.2, 0.25) is 5.91 Å². The van der Waals surface area contributed by atoms with E-state index in [2.05, 4.69) is 0 Å². The number of β-lactam (4-membered cyclic amide) rings is 1. The summed E-state index contributed by atoms with van der Waals surface area (Å²) in [7, 11) is 0. The maximum atomic E-state index is 12.3. The number of rotatable bonds is 5. The average molecular weight is 371 g/mol. The number of aliphatic carboxylic acids is 1. The average Bonchev–Trinajstić information content (AvgIpc) is 3.10. The first-order chi connectivity index (χ1) is 11.3. The lowest BCUT2D eigenvalue weighted by Crippen LogP contribution is -2.61. The maximum Gasteiger partial charge on any atom is 0.354 e. The van der Waals surface area contributed by atoms with Crippen molar-refractivity contribution in [2.75, 3.05) is 13.1 Å². The molecule has 24 heavy (non-hydrogen) atoms. The number of amides is 1. The van der Waals surface area contributed by atoms with Crippen LogP contribution in [-0.4, -0.2) is 67.5 Å². The van der Waals surface area contributed by atoms with Crippen LogP contribution < -0.4 is 0 Å².